The van der Waals surface area contributed by atoms with E-state index in [0.29, 0.717) is 40.0 Å². The van der Waals surface area contributed by atoms with Gasteiger partial charge in [0.05, 0.1) is 26.9 Å². The van der Waals surface area contributed by atoms with Crippen molar-refractivity contribution in [2.24, 2.45) is 0 Å². The summed E-state index contributed by atoms with van der Waals surface area (Å²) in [4.78, 5) is 13.3. The molecule has 0 radical (unpaired) electrons. The molecule has 0 spiro atoms. The number of methoxy groups -OCH3 is 3. The zero-order valence-electron chi connectivity index (χ0n) is 18.2. The highest BCUT2D eigenvalue weighted by Gasteiger charge is 2.37. The number of aromatic nitrogens is 4. The molecule has 1 aromatic heterocycles. The van der Waals surface area contributed by atoms with E-state index in [2.05, 4.69) is 20.8 Å². The molecule has 4 rings (SSSR count). The molecule has 1 aliphatic carbocycles. The number of hydrogen-bond donors (Lipinski definition) is 1. The van der Waals surface area contributed by atoms with Crippen molar-refractivity contribution in [3.8, 4) is 17.2 Å². The maximum Gasteiger partial charge on any atom is 0.338 e. The molecule has 10 heteroatoms. The summed E-state index contributed by atoms with van der Waals surface area (Å²) in [5, 5.41) is 15.0. The van der Waals surface area contributed by atoms with Crippen LogP contribution in [0.25, 0.3) is 0 Å². The van der Waals surface area contributed by atoms with E-state index in [4.69, 9.17) is 18.9 Å². The minimum Gasteiger partial charge on any atom is -0.493 e. The van der Waals surface area contributed by atoms with Gasteiger partial charge in [0, 0.05) is 5.70 Å². The van der Waals surface area contributed by atoms with E-state index in [1.165, 1.54) is 6.42 Å². The van der Waals surface area contributed by atoms with Crippen molar-refractivity contribution >= 4 is 11.9 Å². The Morgan fingerprint density at radius 3 is 2.35 bits per heavy atom. The van der Waals surface area contributed by atoms with Crippen LogP contribution in [0.4, 0.5) is 5.95 Å². The molecule has 166 valence electrons. The average molecular weight is 429 g/mol. The molecule has 10 nitrogen and oxygen atoms in total. The minimum atomic E-state index is -0.615. The van der Waals surface area contributed by atoms with Crippen molar-refractivity contribution in [3.05, 3.63) is 29.0 Å². The van der Waals surface area contributed by atoms with Gasteiger partial charge in [0.2, 0.25) is 11.7 Å². The fourth-order valence-electron chi connectivity index (χ4n) is 4.24. The molecule has 1 saturated carbocycles. The normalized spacial score (nSPS) is 18.8. The first kappa shape index (κ1) is 21.0. The topological polar surface area (TPSA) is 110 Å². The molecule has 1 aliphatic heterocycles. The molecule has 1 atom stereocenters. The van der Waals surface area contributed by atoms with Crippen LogP contribution in [-0.4, -0.2) is 53.6 Å². The molecule has 1 N–H and O–H groups in total. The zero-order chi connectivity index (χ0) is 22.0. The van der Waals surface area contributed by atoms with Crippen molar-refractivity contribution in [3.63, 3.8) is 0 Å². The Labute approximate surface area is 180 Å². The summed E-state index contributed by atoms with van der Waals surface area (Å²) in [7, 11) is 4.64. The lowest BCUT2D eigenvalue weighted by Crippen LogP contribution is -2.32. The minimum absolute atomic E-state index is 0.0718. The number of carbonyl (C=O) groups excluding carboxylic acids is 1. The molecule has 2 heterocycles. The Bertz CT molecular complexity index is 971. The smallest absolute Gasteiger partial charge is 0.338 e. The first-order chi connectivity index (χ1) is 15.1. The van der Waals surface area contributed by atoms with Gasteiger partial charge in [-0.1, -0.05) is 11.5 Å². The maximum atomic E-state index is 13.3. The van der Waals surface area contributed by atoms with Gasteiger partial charge in [-0.05, 0) is 60.7 Å². The van der Waals surface area contributed by atoms with Gasteiger partial charge in [0.25, 0.3) is 0 Å². The van der Waals surface area contributed by atoms with Crippen molar-refractivity contribution in [2.45, 2.75) is 51.2 Å². The second-order valence-corrected chi connectivity index (χ2v) is 7.64. The number of carbonyl (C=O) groups is 1. The lowest BCUT2D eigenvalue weighted by molar-refractivity contribution is -0.146. The third kappa shape index (κ3) is 3.89. The van der Waals surface area contributed by atoms with Crippen LogP contribution in [0, 0.1) is 0 Å². The first-order valence-corrected chi connectivity index (χ1v) is 10.3. The number of nitrogens with zero attached hydrogens (tertiary/aromatic N) is 4. The van der Waals surface area contributed by atoms with E-state index in [-0.39, 0.29) is 12.1 Å². The largest absolute Gasteiger partial charge is 0.493 e. The molecule has 1 aromatic carbocycles. The molecule has 0 bridgehead atoms. The van der Waals surface area contributed by atoms with Crippen LogP contribution in [0.15, 0.2) is 23.4 Å². The molecule has 1 unspecified atom stereocenters. The summed E-state index contributed by atoms with van der Waals surface area (Å²) in [6.07, 6.45) is 5.02. The number of allylic oxidation sites excluding steroid dienone is 1. The van der Waals surface area contributed by atoms with Crippen molar-refractivity contribution in [1.82, 2.24) is 20.2 Å². The maximum absolute atomic E-state index is 13.3. The Morgan fingerprint density at radius 2 is 1.74 bits per heavy atom. The van der Waals surface area contributed by atoms with E-state index in [1.807, 2.05) is 6.92 Å². The summed E-state index contributed by atoms with van der Waals surface area (Å²) < 4.78 is 23.9. The summed E-state index contributed by atoms with van der Waals surface area (Å²) in [5.74, 6) is 1.47. The van der Waals surface area contributed by atoms with Gasteiger partial charge in [-0.2, -0.15) is 4.68 Å². The zero-order valence-corrected chi connectivity index (χ0v) is 18.2. The van der Waals surface area contributed by atoms with Gasteiger partial charge in [0.15, 0.2) is 11.5 Å². The Balaban J connectivity index is 1.78. The molecule has 0 amide bonds. The van der Waals surface area contributed by atoms with Crippen LogP contribution >= 0.6 is 0 Å². The first-order valence-electron chi connectivity index (χ1n) is 10.3. The number of esters is 1. The Hall–Kier alpha value is -3.30. The molecule has 0 saturated heterocycles. The number of hydrogen-bond acceptors (Lipinski definition) is 9. The molecule has 1 fully saturated rings. The van der Waals surface area contributed by atoms with Gasteiger partial charge in [0.1, 0.15) is 12.1 Å². The summed E-state index contributed by atoms with van der Waals surface area (Å²) in [6.45, 7) is 1.82. The molecule has 31 heavy (non-hydrogen) atoms. The van der Waals surface area contributed by atoms with E-state index >= 15 is 0 Å². The summed E-state index contributed by atoms with van der Waals surface area (Å²) in [6, 6.07) is 2.98. The second-order valence-electron chi connectivity index (χ2n) is 7.64. The van der Waals surface area contributed by atoms with Crippen LogP contribution < -0.4 is 19.5 Å². The molecule has 2 aliphatic rings. The van der Waals surface area contributed by atoms with Gasteiger partial charge >= 0.3 is 5.97 Å². The molecular formula is C21H27N5O5. The number of nitrogens with one attached hydrogen (secondary N) is 1. The van der Waals surface area contributed by atoms with Gasteiger partial charge in [-0.15, -0.1) is 0 Å². The van der Waals surface area contributed by atoms with E-state index in [9.17, 15) is 4.79 Å². The number of ether oxygens (including phenoxy) is 4. The summed E-state index contributed by atoms with van der Waals surface area (Å²) in [5.41, 5.74) is 1.79. The monoisotopic (exact) mass is 429 g/mol. The van der Waals surface area contributed by atoms with Gasteiger partial charge < -0.3 is 24.3 Å². The van der Waals surface area contributed by atoms with E-state index in [0.717, 1.165) is 25.7 Å². The fourth-order valence-corrected chi connectivity index (χ4v) is 4.24. The average Bonchev–Trinajstić information content (AvgIpc) is 3.25. The third-order valence-corrected chi connectivity index (χ3v) is 5.76. The quantitative estimate of drug-likeness (QED) is 0.693. The summed E-state index contributed by atoms with van der Waals surface area (Å²) >= 11 is 0. The Kier molecular flexibility index (Phi) is 5.97. The highest BCUT2D eigenvalue weighted by molar-refractivity contribution is 5.92. The number of rotatable bonds is 6. The van der Waals surface area contributed by atoms with Crippen LogP contribution in [-0.2, 0) is 9.53 Å². The van der Waals surface area contributed by atoms with Gasteiger partial charge in [-0.25, -0.2) is 4.79 Å². The number of benzene rings is 1. The Morgan fingerprint density at radius 1 is 1.06 bits per heavy atom. The lowest BCUT2D eigenvalue weighted by atomic mass is 9.94. The molecular weight excluding hydrogens is 402 g/mol. The number of fused-ring (bicyclic) bond motifs is 1. The van der Waals surface area contributed by atoms with Crippen molar-refractivity contribution in [1.29, 1.82) is 0 Å². The SMILES string of the molecule is COc1cc(C2C(C(=O)OC3CCCCC3)=C(C)Nc3nnnn32)cc(OC)c1OC. The second kappa shape index (κ2) is 8.83. The fraction of sp³-hybridized carbons (Fsp3) is 0.524. The predicted molar refractivity (Wildman–Crippen MR) is 111 cm³/mol. The number of anilines is 1. The van der Waals surface area contributed by atoms with Crippen LogP contribution in [0.1, 0.15) is 50.6 Å². The van der Waals surface area contributed by atoms with Crippen molar-refractivity contribution < 1.29 is 23.7 Å². The predicted octanol–water partition coefficient (Wildman–Crippen LogP) is 2.86. The third-order valence-electron chi connectivity index (χ3n) is 5.76. The van der Waals surface area contributed by atoms with E-state index < -0.39 is 6.04 Å². The van der Waals surface area contributed by atoms with Crippen LogP contribution in [0.2, 0.25) is 0 Å². The lowest BCUT2D eigenvalue weighted by Gasteiger charge is -2.30. The highest BCUT2D eigenvalue weighted by Crippen LogP contribution is 2.43. The molecule has 2 aromatic rings. The number of tetrazole rings is 1. The highest BCUT2D eigenvalue weighted by atomic mass is 16.5. The standard InChI is InChI=1S/C21H27N5O5/c1-12-17(20(27)31-14-8-6-5-7-9-14)18(26-21(22-12)23-24-25-26)13-10-15(28-2)19(30-4)16(11-13)29-3/h10-11,14,18H,5-9H2,1-4H3,(H,22,23,25). The van der Waals surface area contributed by atoms with Gasteiger partial charge in [-0.3, -0.25) is 0 Å². The van der Waals surface area contributed by atoms with Crippen molar-refractivity contribution in [2.75, 3.05) is 26.6 Å². The van der Waals surface area contributed by atoms with Crippen LogP contribution in [0.3, 0.4) is 0 Å². The van der Waals surface area contributed by atoms with Crippen LogP contribution in [0.5, 0.6) is 17.2 Å². The van der Waals surface area contributed by atoms with E-state index in [1.54, 1.807) is 38.1 Å².